The molecule has 0 spiro atoms. The molecule has 1 saturated heterocycles. The fraction of sp³-hybridized carbons (Fsp3) is 0.909. The molecule has 4 nitrogen and oxygen atoms in total. The summed E-state index contributed by atoms with van der Waals surface area (Å²) in [6, 6.07) is 0. The fourth-order valence-electron chi connectivity index (χ4n) is 2.04. The molecule has 0 aromatic rings. The van der Waals surface area contributed by atoms with Gasteiger partial charge < -0.3 is 15.3 Å². The summed E-state index contributed by atoms with van der Waals surface area (Å²) < 4.78 is 0. The number of rotatable bonds is 5. The van der Waals surface area contributed by atoms with Crippen molar-refractivity contribution >= 4 is 5.91 Å². The first-order valence-electron chi connectivity index (χ1n) is 5.90. The average Bonchev–Trinajstić information content (AvgIpc) is 2.29. The second-order valence-corrected chi connectivity index (χ2v) is 4.09. The lowest BCUT2D eigenvalue weighted by molar-refractivity contribution is -0.136. The number of carbonyl (C=O) groups excluding carboxylic acids is 1. The van der Waals surface area contributed by atoms with Crippen molar-refractivity contribution in [3.63, 3.8) is 0 Å². The molecule has 1 aliphatic rings. The molecule has 1 fully saturated rings. The Morgan fingerprint density at radius 2 is 2.33 bits per heavy atom. The average molecular weight is 214 g/mol. The Bertz CT molecular complexity index is 185. The van der Waals surface area contributed by atoms with Gasteiger partial charge in [-0.05, 0) is 25.8 Å². The monoisotopic (exact) mass is 214 g/mol. The quantitative estimate of drug-likeness (QED) is 0.688. The minimum atomic E-state index is 0.0614. The molecule has 0 aromatic carbocycles. The standard InChI is InChI=1S/C11H22N2O2/c1-2-6-13(7-8-14)11(15)10-4-3-5-12-9-10/h10,12,14H,2-9H2,1H3/t10-/m1/s1. The second-order valence-electron chi connectivity index (χ2n) is 4.09. The third-order valence-electron chi connectivity index (χ3n) is 2.82. The smallest absolute Gasteiger partial charge is 0.227 e. The number of aliphatic hydroxyl groups is 1. The highest BCUT2D eigenvalue weighted by molar-refractivity contribution is 5.79. The van der Waals surface area contributed by atoms with Crippen molar-refractivity contribution in [2.75, 3.05) is 32.8 Å². The van der Waals surface area contributed by atoms with Gasteiger partial charge in [0.1, 0.15) is 0 Å². The molecule has 1 rings (SSSR count). The van der Waals surface area contributed by atoms with Crippen molar-refractivity contribution in [1.82, 2.24) is 10.2 Å². The van der Waals surface area contributed by atoms with Crippen molar-refractivity contribution in [3.8, 4) is 0 Å². The SMILES string of the molecule is CCCN(CCO)C(=O)[C@@H]1CCCNC1. The summed E-state index contributed by atoms with van der Waals surface area (Å²) in [6.07, 6.45) is 3.01. The Balaban J connectivity index is 2.45. The molecule has 1 amide bonds. The second kappa shape index (κ2) is 6.80. The van der Waals surface area contributed by atoms with Gasteiger partial charge in [0, 0.05) is 19.6 Å². The van der Waals surface area contributed by atoms with Gasteiger partial charge in [0.25, 0.3) is 0 Å². The summed E-state index contributed by atoms with van der Waals surface area (Å²) in [4.78, 5) is 13.8. The van der Waals surface area contributed by atoms with E-state index in [1.807, 2.05) is 0 Å². The molecule has 0 unspecified atom stereocenters. The Labute approximate surface area is 91.6 Å². The number of piperidine rings is 1. The molecule has 0 radical (unpaired) electrons. The summed E-state index contributed by atoms with van der Waals surface area (Å²) >= 11 is 0. The molecule has 0 saturated carbocycles. The highest BCUT2D eigenvalue weighted by Crippen LogP contribution is 2.13. The largest absolute Gasteiger partial charge is 0.395 e. The molecular weight excluding hydrogens is 192 g/mol. The number of amides is 1. The summed E-state index contributed by atoms with van der Waals surface area (Å²) in [5.41, 5.74) is 0. The minimum absolute atomic E-state index is 0.0614. The minimum Gasteiger partial charge on any atom is -0.395 e. The van der Waals surface area contributed by atoms with Gasteiger partial charge in [-0.1, -0.05) is 6.92 Å². The molecule has 1 heterocycles. The van der Waals surface area contributed by atoms with E-state index in [4.69, 9.17) is 5.11 Å². The zero-order chi connectivity index (χ0) is 11.1. The van der Waals surface area contributed by atoms with E-state index < -0.39 is 0 Å². The molecule has 0 aromatic heterocycles. The lowest BCUT2D eigenvalue weighted by Crippen LogP contribution is -2.44. The molecule has 0 bridgehead atoms. The van der Waals surface area contributed by atoms with E-state index in [2.05, 4.69) is 12.2 Å². The predicted octanol–water partition coefficient (Wildman–Crippen LogP) is 0.217. The number of hydrogen-bond acceptors (Lipinski definition) is 3. The van der Waals surface area contributed by atoms with E-state index in [0.29, 0.717) is 6.54 Å². The van der Waals surface area contributed by atoms with Gasteiger partial charge in [-0.3, -0.25) is 4.79 Å². The Hall–Kier alpha value is -0.610. The summed E-state index contributed by atoms with van der Waals surface area (Å²) in [5, 5.41) is 12.1. The molecule has 0 aliphatic carbocycles. The highest BCUT2D eigenvalue weighted by atomic mass is 16.3. The van der Waals surface area contributed by atoms with Crippen molar-refractivity contribution in [2.45, 2.75) is 26.2 Å². The van der Waals surface area contributed by atoms with Crippen molar-refractivity contribution in [2.24, 2.45) is 5.92 Å². The van der Waals surface area contributed by atoms with E-state index in [1.54, 1.807) is 4.90 Å². The van der Waals surface area contributed by atoms with Crippen LogP contribution in [0.15, 0.2) is 0 Å². The number of nitrogens with zero attached hydrogens (tertiary/aromatic N) is 1. The predicted molar refractivity (Wildman–Crippen MR) is 59.6 cm³/mol. The number of nitrogens with one attached hydrogen (secondary N) is 1. The zero-order valence-corrected chi connectivity index (χ0v) is 9.54. The van der Waals surface area contributed by atoms with Gasteiger partial charge >= 0.3 is 0 Å². The number of aliphatic hydroxyl groups excluding tert-OH is 1. The van der Waals surface area contributed by atoms with Crippen LogP contribution in [0, 0.1) is 5.92 Å². The normalized spacial score (nSPS) is 21.3. The first-order chi connectivity index (χ1) is 7.29. The summed E-state index contributed by atoms with van der Waals surface area (Å²) in [6.45, 7) is 5.17. The van der Waals surface area contributed by atoms with Crippen LogP contribution in [-0.2, 0) is 4.79 Å². The topological polar surface area (TPSA) is 52.6 Å². The third kappa shape index (κ3) is 3.80. The molecule has 88 valence electrons. The Kier molecular flexibility index (Phi) is 5.65. The molecule has 1 aliphatic heterocycles. The maximum absolute atomic E-state index is 12.1. The van der Waals surface area contributed by atoms with Crippen LogP contribution in [0.1, 0.15) is 26.2 Å². The zero-order valence-electron chi connectivity index (χ0n) is 9.54. The summed E-state index contributed by atoms with van der Waals surface area (Å²) in [7, 11) is 0. The van der Waals surface area contributed by atoms with Crippen LogP contribution in [0.4, 0.5) is 0 Å². The van der Waals surface area contributed by atoms with Crippen LogP contribution >= 0.6 is 0 Å². The van der Waals surface area contributed by atoms with E-state index in [9.17, 15) is 4.79 Å². The highest BCUT2D eigenvalue weighted by Gasteiger charge is 2.24. The van der Waals surface area contributed by atoms with Gasteiger partial charge in [-0.15, -0.1) is 0 Å². The van der Waals surface area contributed by atoms with Crippen LogP contribution < -0.4 is 5.32 Å². The van der Waals surface area contributed by atoms with E-state index in [0.717, 1.165) is 38.9 Å². The molecular formula is C11H22N2O2. The number of carbonyl (C=O) groups is 1. The van der Waals surface area contributed by atoms with Crippen LogP contribution in [0.2, 0.25) is 0 Å². The van der Waals surface area contributed by atoms with Crippen LogP contribution in [0.5, 0.6) is 0 Å². The first kappa shape index (κ1) is 12.5. The van der Waals surface area contributed by atoms with Crippen LogP contribution in [0.3, 0.4) is 0 Å². The lowest BCUT2D eigenvalue weighted by Gasteiger charge is -2.29. The molecule has 1 atom stereocenters. The van der Waals surface area contributed by atoms with E-state index >= 15 is 0 Å². The van der Waals surface area contributed by atoms with Crippen molar-refractivity contribution < 1.29 is 9.90 Å². The van der Waals surface area contributed by atoms with Crippen molar-refractivity contribution in [1.29, 1.82) is 0 Å². The first-order valence-corrected chi connectivity index (χ1v) is 5.90. The molecule has 2 N–H and O–H groups in total. The van der Waals surface area contributed by atoms with Crippen LogP contribution in [0.25, 0.3) is 0 Å². The van der Waals surface area contributed by atoms with Gasteiger partial charge in [0.05, 0.1) is 12.5 Å². The number of hydrogen-bond donors (Lipinski definition) is 2. The van der Waals surface area contributed by atoms with Gasteiger partial charge in [0.15, 0.2) is 0 Å². The maximum atomic E-state index is 12.1. The summed E-state index contributed by atoms with van der Waals surface area (Å²) in [5.74, 6) is 0.329. The van der Waals surface area contributed by atoms with Gasteiger partial charge in [-0.25, -0.2) is 0 Å². The maximum Gasteiger partial charge on any atom is 0.227 e. The van der Waals surface area contributed by atoms with Crippen molar-refractivity contribution in [3.05, 3.63) is 0 Å². The van der Waals surface area contributed by atoms with E-state index in [1.165, 1.54) is 0 Å². The van der Waals surface area contributed by atoms with Gasteiger partial charge in [0.2, 0.25) is 5.91 Å². The molecule has 15 heavy (non-hydrogen) atoms. The van der Waals surface area contributed by atoms with Crippen LogP contribution in [-0.4, -0.2) is 48.7 Å². The third-order valence-corrected chi connectivity index (χ3v) is 2.82. The lowest BCUT2D eigenvalue weighted by atomic mass is 9.98. The van der Waals surface area contributed by atoms with Gasteiger partial charge in [-0.2, -0.15) is 0 Å². The fourth-order valence-corrected chi connectivity index (χ4v) is 2.04. The van der Waals surface area contributed by atoms with E-state index in [-0.39, 0.29) is 18.4 Å². The molecule has 4 heteroatoms. The Morgan fingerprint density at radius 3 is 2.87 bits per heavy atom. The Morgan fingerprint density at radius 1 is 1.53 bits per heavy atom.